The SMILES string of the molecule is CC1(C)COC(=O)N(C2CCN(C(=O)COc3cccc4ccccc34)CC2)C1. The van der Waals surface area contributed by atoms with Crippen LogP contribution in [0.5, 0.6) is 5.75 Å². The number of likely N-dealkylation sites (tertiary alicyclic amines) is 1. The average molecular weight is 396 g/mol. The van der Waals surface area contributed by atoms with Gasteiger partial charge in [-0.3, -0.25) is 4.79 Å². The molecule has 2 aliphatic heterocycles. The molecule has 0 unspecified atom stereocenters. The van der Waals surface area contributed by atoms with Gasteiger partial charge in [0.15, 0.2) is 6.61 Å². The standard InChI is InChI=1S/C23H28N2O4/c1-23(2)15-25(22(27)29-16-23)18-10-12-24(13-11-18)21(26)14-28-20-9-5-7-17-6-3-4-8-19(17)20/h3-9,18H,10-16H2,1-2H3. The molecule has 0 atom stereocenters. The van der Waals surface area contributed by atoms with Gasteiger partial charge in [0.2, 0.25) is 0 Å². The van der Waals surface area contributed by atoms with Crippen LogP contribution in [0.25, 0.3) is 10.8 Å². The minimum Gasteiger partial charge on any atom is -0.483 e. The maximum Gasteiger partial charge on any atom is 0.410 e. The lowest BCUT2D eigenvalue weighted by atomic mass is 9.91. The monoisotopic (exact) mass is 396 g/mol. The number of benzene rings is 2. The van der Waals surface area contributed by atoms with E-state index in [9.17, 15) is 9.59 Å². The van der Waals surface area contributed by atoms with Crippen LogP contribution in [0, 0.1) is 5.41 Å². The molecule has 0 bridgehead atoms. The second-order valence-electron chi connectivity index (χ2n) is 8.72. The van der Waals surface area contributed by atoms with Crippen LogP contribution in [0.1, 0.15) is 26.7 Å². The highest BCUT2D eigenvalue weighted by Gasteiger charge is 2.38. The second kappa shape index (κ2) is 7.93. The lowest BCUT2D eigenvalue weighted by molar-refractivity contribution is -0.135. The van der Waals surface area contributed by atoms with E-state index in [1.165, 1.54) is 0 Å². The van der Waals surface area contributed by atoms with Gasteiger partial charge in [0.05, 0.1) is 6.61 Å². The number of ether oxygens (including phenoxy) is 2. The van der Waals surface area contributed by atoms with E-state index >= 15 is 0 Å². The van der Waals surface area contributed by atoms with Gasteiger partial charge in [0.25, 0.3) is 5.91 Å². The molecule has 0 saturated carbocycles. The summed E-state index contributed by atoms with van der Waals surface area (Å²) >= 11 is 0. The van der Waals surface area contributed by atoms with Crippen molar-refractivity contribution >= 4 is 22.8 Å². The maximum atomic E-state index is 12.7. The Labute approximate surface area is 171 Å². The first kappa shape index (κ1) is 19.6. The summed E-state index contributed by atoms with van der Waals surface area (Å²) in [5.41, 5.74) is -0.0346. The molecule has 6 nitrogen and oxygen atoms in total. The van der Waals surface area contributed by atoms with Gasteiger partial charge in [0, 0.05) is 36.5 Å². The predicted octanol–water partition coefficient (Wildman–Crippen LogP) is 3.69. The fourth-order valence-corrected chi connectivity index (χ4v) is 4.17. The second-order valence-corrected chi connectivity index (χ2v) is 8.72. The van der Waals surface area contributed by atoms with E-state index in [-0.39, 0.29) is 30.1 Å². The Kier molecular flexibility index (Phi) is 5.35. The third kappa shape index (κ3) is 4.31. The Morgan fingerprint density at radius 3 is 2.66 bits per heavy atom. The zero-order valence-electron chi connectivity index (χ0n) is 17.1. The molecule has 6 heteroatoms. The first-order valence-electron chi connectivity index (χ1n) is 10.2. The van der Waals surface area contributed by atoms with Gasteiger partial charge in [-0.2, -0.15) is 0 Å². The number of rotatable bonds is 4. The molecule has 154 valence electrons. The van der Waals surface area contributed by atoms with Crippen LogP contribution in [0.2, 0.25) is 0 Å². The third-order valence-corrected chi connectivity index (χ3v) is 5.78. The van der Waals surface area contributed by atoms with Gasteiger partial charge in [-0.15, -0.1) is 0 Å². The van der Waals surface area contributed by atoms with Gasteiger partial charge < -0.3 is 19.3 Å². The summed E-state index contributed by atoms with van der Waals surface area (Å²) in [5.74, 6) is 0.711. The molecule has 2 aromatic rings. The Morgan fingerprint density at radius 1 is 1.14 bits per heavy atom. The van der Waals surface area contributed by atoms with Crippen LogP contribution in [0.4, 0.5) is 4.79 Å². The summed E-state index contributed by atoms with van der Waals surface area (Å²) in [6.45, 7) is 6.67. The molecule has 29 heavy (non-hydrogen) atoms. The number of nitrogens with zero attached hydrogens (tertiary/aromatic N) is 2. The van der Waals surface area contributed by atoms with E-state index in [1.54, 1.807) is 0 Å². The Hall–Kier alpha value is -2.76. The first-order chi connectivity index (χ1) is 13.9. The van der Waals surface area contributed by atoms with E-state index in [0.29, 0.717) is 26.2 Å². The van der Waals surface area contributed by atoms with Crippen molar-refractivity contribution in [2.75, 3.05) is 32.8 Å². The van der Waals surface area contributed by atoms with Crippen LogP contribution in [-0.4, -0.2) is 60.7 Å². The minimum atomic E-state index is -0.228. The Morgan fingerprint density at radius 2 is 1.86 bits per heavy atom. The van der Waals surface area contributed by atoms with E-state index in [1.807, 2.05) is 52.3 Å². The highest BCUT2D eigenvalue weighted by Crippen LogP contribution is 2.28. The third-order valence-electron chi connectivity index (χ3n) is 5.78. The number of fused-ring (bicyclic) bond motifs is 1. The molecule has 0 aliphatic carbocycles. The van der Waals surface area contributed by atoms with E-state index in [4.69, 9.17) is 9.47 Å². The maximum absolute atomic E-state index is 12.7. The van der Waals surface area contributed by atoms with Crippen molar-refractivity contribution in [3.63, 3.8) is 0 Å². The topological polar surface area (TPSA) is 59.1 Å². The number of cyclic esters (lactones) is 1. The lowest BCUT2D eigenvalue weighted by Gasteiger charge is -2.44. The highest BCUT2D eigenvalue weighted by atomic mass is 16.6. The molecule has 0 spiro atoms. The number of carbonyl (C=O) groups excluding carboxylic acids is 2. The first-order valence-corrected chi connectivity index (χ1v) is 10.2. The predicted molar refractivity (Wildman–Crippen MR) is 111 cm³/mol. The number of carbonyl (C=O) groups is 2. The zero-order valence-corrected chi connectivity index (χ0v) is 17.1. The fraction of sp³-hybridized carbons (Fsp3) is 0.478. The van der Waals surface area contributed by atoms with Gasteiger partial charge in [-0.25, -0.2) is 4.79 Å². The molecule has 0 aromatic heterocycles. The molecule has 2 aliphatic rings. The van der Waals surface area contributed by atoms with Crippen molar-refractivity contribution in [2.24, 2.45) is 5.41 Å². The molecule has 2 heterocycles. The number of hydrogen-bond donors (Lipinski definition) is 0. The molecular weight excluding hydrogens is 368 g/mol. The van der Waals surface area contributed by atoms with Crippen molar-refractivity contribution in [2.45, 2.75) is 32.7 Å². The van der Waals surface area contributed by atoms with Crippen LogP contribution >= 0.6 is 0 Å². The molecule has 2 aromatic carbocycles. The molecule has 0 N–H and O–H groups in total. The minimum absolute atomic E-state index is 0.0158. The fourth-order valence-electron chi connectivity index (χ4n) is 4.17. The van der Waals surface area contributed by atoms with Crippen LogP contribution < -0.4 is 4.74 Å². The summed E-state index contributed by atoms with van der Waals surface area (Å²) in [6, 6.07) is 14.0. The van der Waals surface area contributed by atoms with E-state index in [2.05, 4.69) is 13.8 Å². The number of piperidine rings is 1. The van der Waals surface area contributed by atoms with Crippen LogP contribution in [0.15, 0.2) is 42.5 Å². The Bertz CT molecular complexity index is 897. The number of amides is 2. The van der Waals surface area contributed by atoms with Gasteiger partial charge >= 0.3 is 6.09 Å². The summed E-state index contributed by atoms with van der Waals surface area (Å²) < 4.78 is 11.2. The molecule has 2 fully saturated rings. The van der Waals surface area contributed by atoms with Crippen molar-refractivity contribution in [1.82, 2.24) is 9.80 Å². The van der Waals surface area contributed by atoms with Gasteiger partial charge in [-0.1, -0.05) is 50.2 Å². The molecule has 2 saturated heterocycles. The normalized spacial score (nSPS) is 19.9. The number of hydrogen-bond acceptors (Lipinski definition) is 4. The van der Waals surface area contributed by atoms with Gasteiger partial charge in [0.1, 0.15) is 5.75 Å². The van der Waals surface area contributed by atoms with Crippen LogP contribution in [-0.2, 0) is 9.53 Å². The molecule has 4 rings (SSSR count). The summed E-state index contributed by atoms with van der Waals surface area (Å²) in [6.07, 6.45) is 1.31. The molecule has 0 radical (unpaired) electrons. The van der Waals surface area contributed by atoms with Crippen LogP contribution in [0.3, 0.4) is 0 Å². The summed E-state index contributed by atoms with van der Waals surface area (Å²) in [5, 5.41) is 2.10. The molecule has 2 amide bonds. The van der Waals surface area contributed by atoms with Crippen molar-refractivity contribution in [3.05, 3.63) is 42.5 Å². The van der Waals surface area contributed by atoms with Crippen molar-refractivity contribution < 1.29 is 19.1 Å². The van der Waals surface area contributed by atoms with Gasteiger partial charge in [-0.05, 0) is 24.3 Å². The Balaban J connectivity index is 1.32. The van der Waals surface area contributed by atoms with E-state index in [0.717, 1.165) is 29.4 Å². The summed E-state index contributed by atoms with van der Waals surface area (Å²) in [7, 11) is 0. The van der Waals surface area contributed by atoms with Crippen molar-refractivity contribution in [1.29, 1.82) is 0 Å². The average Bonchev–Trinajstić information content (AvgIpc) is 2.74. The zero-order chi connectivity index (χ0) is 20.4. The lowest BCUT2D eigenvalue weighted by Crippen LogP contribution is -2.55. The summed E-state index contributed by atoms with van der Waals surface area (Å²) in [4.78, 5) is 28.5. The van der Waals surface area contributed by atoms with E-state index < -0.39 is 0 Å². The smallest absolute Gasteiger partial charge is 0.410 e. The molecular formula is C23H28N2O4. The quantitative estimate of drug-likeness (QED) is 0.791. The highest BCUT2D eigenvalue weighted by molar-refractivity contribution is 5.88. The largest absolute Gasteiger partial charge is 0.483 e. The van der Waals surface area contributed by atoms with Crippen molar-refractivity contribution in [3.8, 4) is 5.75 Å².